The lowest BCUT2D eigenvalue weighted by atomic mass is 10.2. The number of aromatic nitrogens is 2. The molecule has 0 bridgehead atoms. The number of aryl methyl sites for hydroxylation is 1. The van der Waals surface area contributed by atoms with Crippen molar-refractivity contribution in [3.05, 3.63) is 24.0 Å². The number of unbranched alkanes of at least 4 members (excludes halogenated alkanes) is 3. The van der Waals surface area contributed by atoms with E-state index in [2.05, 4.69) is 29.5 Å². The molecule has 21 heavy (non-hydrogen) atoms. The van der Waals surface area contributed by atoms with Gasteiger partial charge < -0.3 is 15.0 Å². The van der Waals surface area contributed by atoms with Gasteiger partial charge in [-0.2, -0.15) is 0 Å². The standard InChI is InChI=1S/C17H27N3O/c1-3-5-6-7-10-20-16-9-8-14(21-11-4-2)12-15(16)19-17(20)13-18/h8-9,12H,3-7,10-11,13,18H2,1-2H3. The Morgan fingerprint density at radius 2 is 2.00 bits per heavy atom. The Bertz CT molecular complexity index is 562. The Morgan fingerprint density at radius 1 is 1.14 bits per heavy atom. The number of imidazole rings is 1. The molecule has 0 aliphatic carbocycles. The fourth-order valence-corrected chi connectivity index (χ4v) is 2.57. The van der Waals surface area contributed by atoms with Crippen molar-refractivity contribution < 1.29 is 4.74 Å². The van der Waals surface area contributed by atoms with Gasteiger partial charge in [-0.05, 0) is 25.0 Å². The molecule has 0 amide bonds. The van der Waals surface area contributed by atoms with Crippen LogP contribution in [0.1, 0.15) is 51.8 Å². The summed E-state index contributed by atoms with van der Waals surface area (Å²) in [6, 6.07) is 6.15. The largest absolute Gasteiger partial charge is 0.494 e. The number of fused-ring (bicyclic) bond motifs is 1. The Hall–Kier alpha value is -1.55. The molecule has 0 spiro atoms. The zero-order valence-corrected chi connectivity index (χ0v) is 13.3. The van der Waals surface area contributed by atoms with Gasteiger partial charge in [0, 0.05) is 12.6 Å². The first-order valence-electron chi connectivity index (χ1n) is 8.12. The maximum absolute atomic E-state index is 5.85. The summed E-state index contributed by atoms with van der Waals surface area (Å²) < 4.78 is 7.94. The highest BCUT2D eigenvalue weighted by atomic mass is 16.5. The van der Waals surface area contributed by atoms with Crippen LogP contribution in [0.2, 0.25) is 0 Å². The smallest absolute Gasteiger partial charge is 0.123 e. The normalized spacial score (nSPS) is 11.2. The number of benzene rings is 1. The molecule has 0 atom stereocenters. The molecule has 0 saturated heterocycles. The molecular formula is C17H27N3O. The van der Waals surface area contributed by atoms with Crippen molar-refractivity contribution in [1.29, 1.82) is 0 Å². The lowest BCUT2D eigenvalue weighted by molar-refractivity contribution is 0.318. The molecule has 0 unspecified atom stereocenters. The van der Waals surface area contributed by atoms with Crippen molar-refractivity contribution in [2.75, 3.05) is 6.61 Å². The second-order valence-electron chi connectivity index (χ2n) is 5.44. The molecule has 0 aliphatic rings. The average molecular weight is 289 g/mol. The monoisotopic (exact) mass is 289 g/mol. The number of ether oxygens (including phenoxy) is 1. The third kappa shape index (κ3) is 3.97. The molecular weight excluding hydrogens is 262 g/mol. The lowest BCUT2D eigenvalue weighted by Crippen LogP contribution is -2.08. The molecule has 1 aromatic carbocycles. The number of nitrogens with two attached hydrogens (primary N) is 1. The maximum atomic E-state index is 5.85. The minimum absolute atomic E-state index is 0.480. The molecule has 1 heterocycles. The van der Waals surface area contributed by atoms with E-state index in [1.54, 1.807) is 0 Å². The van der Waals surface area contributed by atoms with Crippen molar-refractivity contribution >= 4 is 11.0 Å². The van der Waals surface area contributed by atoms with E-state index < -0.39 is 0 Å². The number of hydrogen-bond acceptors (Lipinski definition) is 3. The fourth-order valence-electron chi connectivity index (χ4n) is 2.57. The number of nitrogens with zero attached hydrogens (tertiary/aromatic N) is 2. The van der Waals surface area contributed by atoms with E-state index in [-0.39, 0.29) is 0 Å². The van der Waals surface area contributed by atoms with Crippen LogP contribution < -0.4 is 10.5 Å². The van der Waals surface area contributed by atoms with Crippen LogP contribution >= 0.6 is 0 Å². The van der Waals surface area contributed by atoms with E-state index in [9.17, 15) is 0 Å². The molecule has 116 valence electrons. The van der Waals surface area contributed by atoms with Crippen molar-refractivity contribution in [1.82, 2.24) is 9.55 Å². The van der Waals surface area contributed by atoms with Gasteiger partial charge in [-0.3, -0.25) is 0 Å². The van der Waals surface area contributed by atoms with E-state index >= 15 is 0 Å². The van der Waals surface area contributed by atoms with Gasteiger partial charge >= 0.3 is 0 Å². The second-order valence-corrected chi connectivity index (χ2v) is 5.44. The molecule has 4 nitrogen and oxygen atoms in total. The summed E-state index contributed by atoms with van der Waals surface area (Å²) in [5, 5.41) is 0. The second kappa shape index (κ2) is 8.03. The van der Waals surface area contributed by atoms with Gasteiger partial charge in [-0.1, -0.05) is 33.1 Å². The van der Waals surface area contributed by atoms with E-state index in [0.717, 1.165) is 42.2 Å². The predicted octanol–water partition coefficient (Wildman–Crippen LogP) is 3.86. The van der Waals surface area contributed by atoms with Gasteiger partial charge in [0.05, 0.1) is 24.2 Å². The molecule has 0 aliphatic heterocycles. The first kappa shape index (κ1) is 15.8. The van der Waals surface area contributed by atoms with Gasteiger partial charge in [0.2, 0.25) is 0 Å². The topological polar surface area (TPSA) is 53.1 Å². The predicted molar refractivity (Wildman–Crippen MR) is 87.6 cm³/mol. The molecule has 1 aromatic heterocycles. The molecule has 2 rings (SSSR count). The molecule has 2 N–H and O–H groups in total. The van der Waals surface area contributed by atoms with E-state index in [0.29, 0.717) is 6.54 Å². The first-order valence-corrected chi connectivity index (χ1v) is 8.12. The Morgan fingerprint density at radius 3 is 2.71 bits per heavy atom. The van der Waals surface area contributed by atoms with E-state index in [1.165, 1.54) is 25.7 Å². The molecule has 0 radical (unpaired) electrons. The van der Waals surface area contributed by atoms with Crippen LogP contribution in [0.25, 0.3) is 11.0 Å². The van der Waals surface area contributed by atoms with Crippen LogP contribution in [0.3, 0.4) is 0 Å². The zero-order valence-electron chi connectivity index (χ0n) is 13.3. The third-order valence-corrected chi connectivity index (χ3v) is 3.69. The minimum atomic E-state index is 0.480. The zero-order chi connectivity index (χ0) is 15.1. The minimum Gasteiger partial charge on any atom is -0.494 e. The van der Waals surface area contributed by atoms with Gasteiger partial charge in [0.25, 0.3) is 0 Å². The van der Waals surface area contributed by atoms with Gasteiger partial charge in [-0.15, -0.1) is 0 Å². The van der Waals surface area contributed by atoms with Crippen molar-refractivity contribution in [3.63, 3.8) is 0 Å². The Kier molecular flexibility index (Phi) is 6.05. The Balaban J connectivity index is 2.18. The van der Waals surface area contributed by atoms with E-state index in [1.807, 2.05) is 12.1 Å². The maximum Gasteiger partial charge on any atom is 0.123 e. The highest BCUT2D eigenvalue weighted by Crippen LogP contribution is 2.23. The van der Waals surface area contributed by atoms with Gasteiger partial charge in [0.1, 0.15) is 11.6 Å². The van der Waals surface area contributed by atoms with Crippen LogP contribution in [0, 0.1) is 0 Å². The van der Waals surface area contributed by atoms with Crippen LogP contribution in [-0.4, -0.2) is 16.2 Å². The quantitative estimate of drug-likeness (QED) is 0.713. The summed E-state index contributed by atoms with van der Waals surface area (Å²) in [5.41, 5.74) is 8.00. The molecule has 4 heteroatoms. The van der Waals surface area contributed by atoms with Gasteiger partial charge in [0.15, 0.2) is 0 Å². The van der Waals surface area contributed by atoms with E-state index in [4.69, 9.17) is 10.5 Å². The molecule has 0 fully saturated rings. The summed E-state index contributed by atoms with van der Waals surface area (Å²) in [4.78, 5) is 4.66. The van der Waals surface area contributed by atoms with Gasteiger partial charge in [-0.25, -0.2) is 4.98 Å². The number of rotatable bonds is 9. The summed E-state index contributed by atoms with van der Waals surface area (Å²) in [5.74, 6) is 1.86. The summed E-state index contributed by atoms with van der Waals surface area (Å²) in [6.07, 6.45) is 6.00. The summed E-state index contributed by atoms with van der Waals surface area (Å²) in [6.45, 7) is 6.56. The highest BCUT2D eigenvalue weighted by molar-refractivity contribution is 5.77. The van der Waals surface area contributed by atoms with Crippen molar-refractivity contribution in [2.24, 2.45) is 5.73 Å². The van der Waals surface area contributed by atoms with Crippen LogP contribution in [0.5, 0.6) is 5.75 Å². The fraction of sp³-hybridized carbons (Fsp3) is 0.588. The number of hydrogen-bond donors (Lipinski definition) is 1. The van der Waals surface area contributed by atoms with Crippen LogP contribution in [0.4, 0.5) is 0 Å². The Labute approximate surface area is 127 Å². The first-order chi connectivity index (χ1) is 10.3. The summed E-state index contributed by atoms with van der Waals surface area (Å²) in [7, 11) is 0. The van der Waals surface area contributed by atoms with Crippen LogP contribution in [-0.2, 0) is 13.1 Å². The van der Waals surface area contributed by atoms with Crippen molar-refractivity contribution in [2.45, 2.75) is 59.0 Å². The highest BCUT2D eigenvalue weighted by Gasteiger charge is 2.10. The molecule has 0 saturated carbocycles. The SMILES string of the molecule is CCCCCCn1c(CN)nc2cc(OCCC)ccc21. The molecule has 2 aromatic rings. The lowest BCUT2D eigenvalue weighted by Gasteiger charge is -2.08. The third-order valence-electron chi connectivity index (χ3n) is 3.69. The summed E-state index contributed by atoms with van der Waals surface area (Å²) >= 11 is 0. The van der Waals surface area contributed by atoms with Crippen molar-refractivity contribution in [3.8, 4) is 5.75 Å². The average Bonchev–Trinajstić information content (AvgIpc) is 2.86. The van der Waals surface area contributed by atoms with Crippen LogP contribution in [0.15, 0.2) is 18.2 Å².